The number of carboxylic acid groups (broad SMARTS) is 1. The quantitative estimate of drug-likeness (QED) is 0.0519. The normalized spacial score (nSPS) is 19.6. The molecule has 23 nitrogen and oxygen atoms in total. The summed E-state index contributed by atoms with van der Waals surface area (Å²) in [6.07, 6.45) is 13.2. The van der Waals surface area contributed by atoms with Gasteiger partial charge in [-0.05, 0) is 171 Å². The van der Waals surface area contributed by atoms with Gasteiger partial charge in [0.25, 0.3) is 0 Å². The first kappa shape index (κ1) is 66.1. The van der Waals surface area contributed by atoms with Crippen LogP contribution in [-0.4, -0.2) is 134 Å². The van der Waals surface area contributed by atoms with Crippen LogP contribution < -0.4 is 25.4 Å². The summed E-state index contributed by atoms with van der Waals surface area (Å²) >= 11 is 14.1. The molecule has 0 unspecified atom stereocenters. The van der Waals surface area contributed by atoms with Crippen LogP contribution in [0.1, 0.15) is 96.3 Å². The fourth-order valence-corrected chi connectivity index (χ4v) is 12.2. The van der Waals surface area contributed by atoms with Crippen molar-refractivity contribution >= 4 is 149 Å². The van der Waals surface area contributed by atoms with E-state index in [0.29, 0.717) is 62.4 Å². The molecular weight excluding hydrogens is 1350 g/mol. The van der Waals surface area contributed by atoms with Crippen molar-refractivity contribution in [2.24, 2.45) is 23.7 Å². The lowest BCUT2D eigenvalue weighted by Crippen LogP contribution is -2.47. The molecule has 14 rings (SSSR count). The Hall–Kier alpha value is -7.34. The number of fused-ring (bicyclic) bond motifs is 4. The third-order valence-corrected chi connectivity index (χ3v) is 17.2. The highest BCUT2D eigenvalue weighted by molar-refractivity contribution is 9.10. The van der Waals surface area contributed by atoms with E-state index in [1.807, 2.05) is 36.4 Å². The number of aliphatic carboxylic acids is 1. The molecule has 89 heavy (non-hydrogen) atoms. The Morgan fingerprint density at radius 2 is 1.10 bits per heavy atom. The van der Waals surface area contributed by atoms with E-state index in [-0.39, 0.29) is 104 Å². The molecule has 8 aromatic rings. The molecule has 0 bridgehead atoms. The van der Waals surface area contributed by atoms with E-state index in [9.17, 15) is 28.8 Å². The second-order valence-electron chi connectivity index (χ2n) is 22.3. The molecule has 464 valence electrons. The minimum Gasteiger partial charge on any atom is -0.480 e. The summed E-state index contributed by atoms with van der Waals surface area (Å²) in [4.78, 5) is 102. The maximum absolute atomic E-state index is 13.7. The zero-order valence-electron chi connectivity index (χ0n) is 48.4. The molecule has 2 aliphatic heterocycles. The number of halogens is 3. The van der Waals surface area contributed by atoms with Crippen LogP contribution in [0.5, 0.6) is 12.0 Å². The predicted molar refractivity (Wildman–Crippen MR) is 350 cm³/mol. The van der Waals surface area contributed by atoms with Crippen LogP contribution in [0.3, 0.4) is 0 Å². The lowest BCUT2D eigenvalue weighted by atomic mass is 10.0. The third kappa shape index (κ3) is 14.8. The van der Waals surface area contributed by atoms with Crippen molar-refractivity contribution in [3.8, 4) is 34.3 Å². The molecule has 6 atom stereocenters. The van der Waals surface area contributed by atoms with E-state index in [4.69, 9.17) is 14.6 Å². The first-order valence-corrected chi connectivity index (χ1v) is 31.1. The number of carbonyl (C=O) groups excluding carboxylic acids is 5. The van der Waals surface area contributed by atoms with Gasteiger partial charge < -0.3 is 35.4 Å². The highest BCUT2D eigenvalue weighted by Crippen LogP contribution is 2.51. The van der Waals surface area contributed by atoms with Crippen LogP contribution in [0.15, 0.2) is 94.7 Å². The Morgan fingerprint density at radius 1 is 0.640 bits per heavy atom. The minimum absolute atomic E-state index is 0. The Labute approximate surface area is 550 Å². The van der Waals surface area contributed by atoms with Gasteiger partial charge in [0.2, 0.25) is 17.7 Å². The standard InChI is InChI=1S/C30H28BrN7O4.C16H14N4O4.C14H16BrN3O.ClH.S2.H2S/c1-15(39)26-22-9-17(19-11-32-30(42-2)33-12-19)5-7-23(22)38(36-26)14-25(40)37-13-18-10-21(18)27(37)29(41)35-28-20(16-3-4-16)6-8-24(31)34-28;1-9(21)15-12-5-10(11-6-17-16(24-2)18-7-11)3-4-13(12)20(19-15)8-14(22)23;15-11-4-3-9(7-1-2-7)13(17-11)18-14(19)12-10-5-8(10)6-16-12;;1-2;/h5-9,11-12,16,18,21,27H,3-4,10,13-14H2,1-2H3,(H,34,35,41);3-7H,8H2,1-2H3,(H,22,23);3-4,7-8,10,12,16H,1-2,5-6H2,(H,17,18,19);1H;;1H2/t18-,21-,27+;;8-,10-,12+;;;/m1.1.../s1. The van der Waals surface area contributed by atoms with Gasteiger partial charge in [-0.15, -0.1) is 12.4 Å². The highest BCUT2D eigenvalue weighted by Gasteiger charge is 2.57. The molecule has 6 fully saturated rings. The molecule has 0 radical (unpaired) electrons. The van der Waals surface area contributed by atoms with Crippen molar-refractivity contribution < 1.29 is 43.3 Å². The van der Waals surface area contributed by atoms with Crippen LogP contribution in [-0.2, 0) is 54.6 Å². The molecule has 4 N–H and O–H groups in total. The monoisotopic (exact) mass is 1410 g/mol. The lowest BCUT2D eigenvalue weighted by Gasteiger charge is -2.27. The van der Waals surface area contributed by atoms with E-state index in [0.717, 1.165) is 70.0 Å². The number of piperidine rings is 2. The number of likely N-dealkylation sites (tertiary alicyclic amines) is 1. The summed E-state index contributed by atoms with van der Waals surface area (Å²) in [5.41, 5.74) is 7.08. The number of nitrogens with one attached hydrogen (secondary N) is 3. The van der Waals surface area contributed by atoms with E-state index in [1.54, 1.807) is 52.6 Å². The van der Waals surface area contributed by atoms with Crippen LogP contribution in [0.4, 0.5) is 11.6 Å². The number of hydrogen-bond acceptors (Lipinski definition) is 19. The molecule has 4 saturated carbocycles. The number of rotatable bonds is 16. The van der Waals surface area contributed by atoms with E-state index < -0.39 is 12.0 Å². The summed E-state index contributed by atoms with van der Waals surface area (Å²) < 4.78 is 14.3. The number of carbonyl (C=O) groups is 6. The van der Waals surface area contributed by atoms with Crippen LogP contribution in [0.25, 0.3) is 44.1 Å². The number of carboxylic acids is 1. The summed E-state index contributed by atoms with van der Waals surface area (Å²) in [5.74, 6) is 2.25. The van der Waals surface area contributed by atoms with Crippen molar-refractivity contribution in [2.75, 3.05) is 37.9 Å². The molecule has 2 saturated heterocycles. The molecule has 0 spiro atoms. The van der Waals surface area contributed by atoms with Crippen molar-refractivity contribution in [3.63, 3.8) is 0 Å². The lowest BCUT2D eigenvalue weighted by molar-refractivity contribution is -0.138. The molecule has 6 aliphatic rings. The number of pyridine rings is 2. The smallest absolute Gasteiger partial charge is 0.325 e. The number of Topliss-reactive ketones (excluding diaryl/α,β-unsaturated/α-hetero) is 2. The molecule has 3 amide bonds. The fraction of sp³-hybridized carbons (Fsp3) is 0.367. The number of nitrogens with zero attached hydrogens (tertiary/aromatic N) is 11. The zero-order chi connectivity index (χ0) is 61.4. The number of ether oxygens (including phenoxy) is 2. The number of benzene rings is 2. The Kier molecular flexibility index (Phi) is 21.0. The summed E-state index contributed by atoms with van der Waals surface area (Å²) in [6, 6.07) is 18.8. The largest absolute Gasteiger partial charge is 0.480 e. The average molecular weight is 1410 g/mol. The van der Waals surface area contributed by atoms with E-state index in [1.165, 1.54) is 57.6 Å². The first-order valence-electron chi connectivity index (χ1n) is 28.1. The number of methoxy groups -OCH3 is 2. The summed E-state index contributed by atoms with van der Waals surface area (Å²) in [7, 11) is 2.98. The zero-order valence-corrected chi connectivity index (χ0v) is 55.0. The fourth-order valence-electron chi connectivity index (χ4n) is 11.6. The molecule has 4 aliphatic carbocycles. The maximum atomic E-state index is 13.7. The number of hydrogen-bond donors (Lipinski definition) is 4. The Balaban J connectivity index is 0.000000169. The van der Waals surface area contributed by atoms with E-state index in [2.05, 4.69) is 116 Å². The Morgan fingerprint density at radius 3 is 1.52 bits per heavy atom. The minimum atomic E-state index is -1.03. The van der Waals surface area contributed by atoms with Gasteiger partial charge in [-0.1, -0.05) is 24.3 Å². The molecule has 6 aromatic heterocycles. The average Bonchev–Trinajstić information content (AvgIpc) is 1.84. The van der Waals surface area contributed by atoms with Crippen LogP contribution >= 0.6 is 57.8 Å². The molecule has 8 heterocycles. The molecule has 2 aromatic carbocycles. The van der Waals surface area contributed by atoms with Crippen LogP contribution in [0.2, 0.25) is 0 Å². The number of amides is 3. The Bertz CT molecular complexity index is 4030. The highest BCUT2D eigenvalue weighted by atomic mass is 79.9. The van der Waals surface area contributed by atoms with Gasteiger partial charge in [-0.25, -0.2) is 29.9 Å². The van der Waals surface area contributed by atoms with Crippen molar-refractivity contribution in [1.82, 2.24) is 59.7 Å². The van der Waals surface area contributed by atoms with Crippen LogP contribution in [0, 0.1) is 23.7 Å². The number of anilines is 2. The third-order valence-electron chi connectivity index (χ3n) is 16.4. The number of ketones is 2. The molecule has 29 heteroatoms. The van der Waals surface area contributed by atoms with Gasteiger partial charge in [-0.3, -0.25) is 38.1 Å². The van der Waals surface area contributed by atoms with Gasteiger partial charge in [0.15, 0.2) is 11.6 Å². The number of aromatic nitrogens is 10. The van der Waals surface area contributed by atoms with Crippen molar-refractivity contribution in [1.29, 1.82) is 0 Å². The molecular formula is C60H61Br2ClN14O9S3. The SMILES string of the molecule is COc1ncc(-c2ccc3c(c2)c(C(C)=O)nn3CC(=O)N2C[C@H]3C[C@H]3[C@H]2C(=O)Nc2nc(Br)ccc2C2CC2)cn1.COc1ncc(-c2ccc3c(c2)c(C(C)=O)nn3CC(=O)O)cn1.Cl.O=C(Nc1nc(Br)ccc1C1CC1)[C@H]1NC[C@H]2C[C@H]21.S.S=S. The summed E-state index contributed by atoms with van der Waals surface area (Å²) in [6.45, 7) is 3.98. The van der Waals surface area contributed by atoms with Crippen molar-refractivity contribution in [2.45, 2.75) is 89.4 Å². The first-order chi connectivity index (χ1) is 42.0. The van der Waals surface area contributed by atoms with Gasteiger partial charge in [0, 0.05) is 89.5 Å². The van der Waals surface area contributed by atoms with E-state index >= 15 is 0 Å². The second kappa shape index (κ2) is 28.2. The van der Waals surface area contributed by atoms with Gasteiger partial charge in [-0.2, -0.15) is 23.7 Å². The van der Waals surface area contributed by atoms with Gasteiger partial charge >= 0.3 is 18.0 Å². The summed E-state index contributed by atoms with van der Waals surface area (Å²) in [5, 5.41) is 28.2. The van der Waals surface area contributed by atoms with Gasteiger partial charge in [0.1, 0.15) is 51.4 Å². The van der Waals surface area contributed by atoms with Crippen molar-refractivity contribution in [3.05, 3.63) is 117 Å². The van der Waals surface area contributed by atoms with Gasteiger partial charge in [0.05, 0.1) is 31.3 Å². The predicted octanol–water partition coefficient (Wildman–Crippen LogP) is 8.81. The second-order valence-corrected chi connectivity index (χ2v) is 23.9. The topological polar surface area (TPSA) is 293 Å². The maximum Gasteiger partial charge on any atom is 0.325 e.